The van der Waals surface area contributed by atoms with Gasteiger partial charge in [0, 0.05) is 12.6 Å². The Labute approximate surface area is 166 Å². The molecule has 6 nitrogen and oxygen atoms in total. The van der Waals surface area contributed by atoms with Gasteiger partial charge in [0.25, 0.3) is 5.91 Å². The summed E-state index contributed by atoms with van der Waals surface area (Å²) in [6, 6.07) is 10.8. The Morgan fingerprint density at radius 1 is 1.22 bits per heavy atom. The summed E-state index contributed by atoms with van der Waals surface area (Å²) in [6.07, 6.45) is 6.32. The molecular weight excluding hydrogens is 362 g/mol. The minimum Gasteiger partial charge on any atom is -0.330 e. The van der Waals surface area contributed by atoms with Crippen LogP contribution in [-0.4, -0.2) is 44.9 Å². The van der Waals surface area contributed by atoms with Crippen LogP contribution in [0.4, 0.5) is 0 Å². The van der Waals surface area contributed by atoms with Gasteiger partial charge in [0.2, 0.25) is 0 Å². The first-order chi connectivity index (χ1) is 12.7. The zero-order valence-corrected chi connectivity index (χ0v) is 16.6. The molecule has 2 heterocycles. The number of carbonyl (C=O) groups is 1. The predicted molar refractivity (Wildman–Crippen MR) is 107 cm³/mol. The van der Waals surface area contributed by atoms with Gasteiger partial charge in [0.05, 0.1) is 12.2 Å². The molecule has 1 aliphatic heterocycles. The molecule has 1 saturated carbocycles. The molecule has 1 unspecified atom stereocenters. The molecule has 2 aliphatic rings. The fourth-order valence-electron chi connectivity index (χ4n) is 3.79. The number of hydrogen-bond donors (Lipinski definition) is 1. The first-order valence-corrected chi connectivity index (χ1v) is 9.70. The van der Waals surface area contributed by atoms with Crippen molar-refractivity contribution >= 4 is 18.3 Å². The zero-order valence-electron chi connectivity index (χ0n) is 15.8. The molecule has 1 atom stereocenters. The van der Waals surface area contributed by atoms with Gasteiger partial charge in [0.1, 0.15) is 0 Å². The number of benzene rings is 1. The monoisotopic (exact) mass is 389 g/mol. The molecule has 1 aromatic heterocycles. The Balaban J connectivity index is 0.00000210. The quantitative estimate of drug-likeness (QED) is 0.824. The van der Waals surface area contributed by atoms with Crippen LogP contribution in [0.5, 0.6) is 0 Å². The molecule has 146 valence electrons. The smallest absolute Gasteiger partial charge is 0.276 e. The summed E-state index contributed by atoms with van der Waals surface area (Å²) in [4.78, 5) is 15.2. The van der Waals surface area contributed by atoms with E-state index in [1.165, 1.54) is 12.8 Å². The second kappa shape index (κ2) is 8.85. The molecule has 1 aliphatic carbocycles. The highest BCUT2D eigenvalue weighted by Gasteiger charge is 2.35. The minimum atomic E-state index is -0.00608. The normalized spacial score (nSPS) is 18.6. The number of rotatable bonds is 6. The van der Waals surface area contributed by atoms with Crippen LogP contribution in [-0.2, 0) is 6.54 Å². The molecule has 1 aromatic carbocycles. The van der Waals surface area contributed by atoms with Crippen molar-refractivity contribution < 1.29 is 4.79 Å². The number of piperidine rings is 1. The van der Waals surface area contributed by atoms with Gasteiger partial charge < -0.3 is 10.2 Å². The van der Waals surface area contributed by atoms with E-state index in [4.69, 9.17) is 0 Å². The molecule has 27 heavy (non-hydrogen) atoms. The molecule has 7 heteroatoms. The maximum absolute atomic E-state index is 13.2. The van der Waals surface area contributed by atoms with Crippen molar-refractivity contribution in [3.8, 4) is 0 Å². The zero-order chi connectivity index (χ0) is 17.9. The van der Waals surface area contributed by atoms with Crippen LogP contribution in [0.2, 0.25) is 0 Å². The van der Waals surface area contributed by atoms with Crippen LogP contribution in [0.1, 0.15) is 54.7 Å². The van der Waals surface area contributed by atoms with Crippen molar-refractivity contribution in [1.82, 2.24) is 25.2 Å². The third-order valence-electron chi connectivity index (χ3n) is 5.66. The first-order valence-electron chi connectivity index (χ1n) is 9.70. The Hall–Kier alpha value is -1.92. The van der Waals surface area contributed by atoms with Crippen LogP contribution in [0.25, 0.3) is 0 Å². The molecule has 4 rings (SSSR count). The molecule has 2 aromatic rings. The van der Waals surface area contributed by atoms with E-state index in [0.717, 1.165) is 31.5 Å². The van der Waals surface area contributed by atoms with Gasteiger partial charge in [-0.05, 0) is 57.2 Å². The summed E-state index contributed by atoms with van der Waals surface area (Å²) < 4.78 is 1.89. The van der Waals surface area contributed by atoms with E-state index in [1.54, 1.807) is 0 Å². The van der Waals surface area contributed by atoms with Gasteiger partial charge >= 0.3 is 0 Å². The highest BCUT2D eigenvalue weighted by atomic mass is 35.5. The third kappa shape index (κ3) is 4.68. The van der Waals surface area contributed by atoms with E-state index in [-0.39, 0.29) is 24.4 Å². The van der Waals surface area contributed by atoms with Crippen LogP contribution < -0.4 is 5.32 Å². The fourth-order valence-corrected chi connectivity index (χ4v) is 3.79. The number of carbonyl (C=O) groups excluding carboxylic acids is 1. The lowest BCUT2D eigenvalue weighted by molar-refractivity contribution is 0.0648. The topological polar surface area (TPSA) is 63.1 Å². The Bertz CT molecular complexity index is 740. The van der Waals surface area contributed by atoms with E-state index in [9.17, 15) is 4.79 Å². The number of nitrogens with one attached hydrogen (secondary N) is 1. The highest BCUT2D eigenvalue weighted by Crippen LogP contribution is 2.36. The van der Waals surface area contributed by atoms with Gasteiger partial charge in [-0.15, -0.1) is 17.5 Å². The van der Waals surface area contributed by atoms with E-state index in [0.29, 0.717) is 24.2 Å². The van der Waals surface area contributed by atoms with Crippen molar-refractivity contribution in [3.05, 3.63) is 47.8 Å². The summed E-state index contributed by atoms with van der Waals surface area (Å²) in [7, 11) is 0. The van der Waals surface area contributed by atoms with Crippen molar-refractivity contribution in [2.45, 2.75) is 51.2 Å². The number of hydrogen-bond acceptors (Lipinski definition) is 4. The fraction of sp³-hybridized carbons (Fsp3) is 0.550. The van der Waals surface area contributed by atoms with Crippen molar-refractivity contribution in [2.75, 3.05) is 13.1 Å². The Morgan fingerprint density at radius 2 is 1.93 bits per heavy atom. The Morgan fingerprint density at radius 3 is 2.59 bits per heavy atom. The van der Waals surface area contributed by atoms with Gasteiger partial charge in [-0.1, -0.05) is 35.5 Å². The molecule has 0 radical (unpaired) electrons. The molecular formula is C20H28ClN5O. The van der Waals surface area contributed by atoms with Gasteiger partial charge in [0.15, 0.2) is 5.69 Å². The predicted octanol–water partition coefficient (Wildman–Crippen LogP) is 3.07. The average molecular weight is 390 g/mol. The average Bonchev–Trinajstić information content (AvgIpc) is 3.43. The maximum atomic E-state index is 13.2. The summed E-state index contributed by atoms with van der Waals surface area (Å²) in [5.41, 5.74) is 1.62. The second-order valence-corrected chi connectivity index (χ2v) is 7.56. The molecule has 2 fully saturated rings. The van der Waals surface area contributed by atoms with Crippen LogP contribution in [0.3, 0.4) is 0 Å². The lowest BCUT2D eigenvalue weighted by atomic mass is 10.1. The summed E-state index contributed by atoms with van der Waals surface area (Å²) in [5, 5.41) is 11.8. The van der Waals surface area contributed by atoms with Gasteiger partial charge in [-0.3, -0.25) is 4.79 Å². The number of nitrogens with zero attached hydrogens (tertiary/aromatic N) is 4. The molecule has 0 spiro atoms. The van der Waals surface area contributed by atoms with E-state index in [2.05, 4.69) is 34.7 Å². The van der Waals surface area contributed by atoms with Crippen LogP contribution >= 0.6 is 12.4 Å². The second-order valence-electron chi connectivity index (χ2n) is 7.56. The maximum Gasteiger partial charge on any atom is 0.276 e. The van der Waals surface area contributed by atoms with Crippen LogP contribution in [0, 0.1) is 5.92 Å². The lowest BCUT2D eigenvalue weighted by Gasteiger charge is -2.29. The van der Waals surface area contributed by atoms with E-state index < -0.39 is 0 Å². The van der Waals surface area contributed by atoms with Crippen molar-refractivity contribution in [2.24, 2.45) is 5.92 Å². The van der Waals surface area contributed by atoms with Crippen LogP contribution in [0.15, 0.2) is 36.5 Å². The standard InChI is InChI=1S/C20H27N5O.ClH/c1-15(17-7-8-17)24(13-16-5-3-2-4-6-16)20(26)19-14-25(23-22-19)18-9-11-21-12-10-18;/h2-6,14-15,17-18,21H,7-13H2,1H3;1H. The number of amides is 1. The van der Waals surface area contributed by atoms with Crippen molar-refractivity contribution in [3.63, 3.8) is 0 Å². The van der Waals surface area contributed by atoms with E-state index >= 15 is 0 Å². The molecule has 1 amide bonds. The van der Waals surface area contributed by atoms with E-state index in [1.807, 2.05) is 34.0 Å². The SMILES string of the molecule is CC(C1CC1)N(Cc1ccccc1)C(=O)c1cn(C2CCNCC2)nn1.Cl. The summed E-state index contributed by atoms with van der Waals surface area (Å²) in [5.74, 6) is 0.607. The van der Waals surface area contributed by atoms with Gasteiger partial charge in [-0.25, -0.2) is 4.68 Å². The molecule has 1 N–H and O–H groups in total. The summed E-state index contributed by atoms with van der Waals surface area (Å²) in [6.45, 7) is 4.77. The van der Waals surface area contributed by atoms with Gasteiger partial charge in [-0.2, -0.15) is 0 Å². The lowest BCUT2D eigenvalue weighted by Crippen LogP contribution is -2.39. The Kier molecular flexibility index (Phi) is 6.50. The number of halogens is 1. The highest BCUT2D eigenvalue weighted by molar-refractivity contribution is 5.92. The minimum absolute atomic E-state index is 0. The largest absolute Gasteiger partial charge is 0.330 e. The molecule has 1 saturated heterocycles. The number of aromatic nitrogens is 3. The van der Waals surface area contributed by atoms with Crippen molar-refractivity contribution in [1.29, 1.82) is 0 Å². The first kappa shape index (κ1) is 19.8. The molecule has 0 bridgehead atoms. The summed E-state index contributed by atoms with van der Waals surface area (Å²) >= 11 is 0. The third-order valence-corrected chi connectivity index (χ3v) is 5.66.